The number of benzene rings is 1. The lowest BCUT2D eigenvalue weighted by Gasteiger charge is -2.43. The highest BCUT2D eigenvalue weighted by molar-refractivity contribution is 6.42. The van der Waals surface area contributed by atoms with Crippen molar-refractivity contribution in [1.29, 1.82) is 0 Å². The SMILES string of the molecule is CCOC1(C(O)Cc2ccc(Cl)c(Cl)c2)CCCC(C)C1. The van der Waals surface area contributed by atoms with E-state index < -0.39 is 11.7 Å². The first-order chi connectivity index (χ1) is 9.97. The number of halogens is 2. The third-order valence-corrected chi connectivity index (χ3v) is 5.18. The predicted octanol–water partition coefficient (Wildman–Crippen LogP) is 4.88. The highest BCUT2D eigenvalue weighted by Gasteiger charge is 2.41. The first kappa shape index (κ1) is 17.1. The molecule has 3 atom stereocenters. The maximum Gasteiger partial charge on any atom is 0.0945 e. The summed E-state index contributed by atoms with van der Waals surface area (Å²) in [5.41, 5.74) is 0.577. The third kappa shape index (κ3) is 4.13. The minimum absolute atomic E-state index is 0.418. The Labute approximate surface area is 137 Å². The van der Waals surface area contributed by atoms with Crippen LogP contribution in [0.3, 0.4) is 0 Å². The number of aliphatic hydroxyl groups excluding tert-OH is 1. The Morgan fingerprint density at radius 1 is 1.38 bits per heavy atom. The Morgan fingerprint density at radius 2 is 2.14 bits per heavy atom. The summed E-state index contributed by atoms with van der Waals surface area (Å²) in [6.45, 7) is 4.86. The summed E-state index contributed by atoms with van der Waals surface area (Å²) in [4.78, 5) is 0. The molecule has 0 spiro atoms. The zero-order valence-corrected chi connectivity index (χ0v) is 14.3. The van der Waals surface area contributed by atoms with Gasteiger partial charge in [-0.15, -0.1) is 0 Å². The summed E-state index contributed by atoms with van der Waals surface area (Å²) in [5.74, 6) is 0.591. The molecule has 1 aliphatic carbocycles. The summed E-state index contributed by atoms with van der Waals surface area (Å²) >= 11 is 12.0. The second-order valence-electron chi connectivity index (χ2n) is 6.17. The lowest BCUT2D eigenvalue weighted by molar-refractivity contribution is -0.147. The van der Waals surface area contributed by atoms with Gasteiger partial charge in [-0.05, 0) is 43.4 Å². The molecule has 3 unspecified atom stereocenters. The van der Waals surface area contributed by atoms with Crippen LogP contribution in [0.2, 0.25) is 10.0 Å². The first-order valence-corrected chi connectivity index (χ1v) is 8.48. The number of hydrogen-bond donors (Lipinski definition) is 1. The van der Waals surface area contributed by atoms with Crippen molar-refractivity contribution in [2.75, 3.05) is 6.61 Å². The van der Waals surface area contributed by atoms with E-state index in [2.05, 4.69) is 6.92 Å². The van der Waals surface area contributed by atoms with E-state index in [-0.39, 0.29) is 0 Å². The minimum Gasteiger partial charge on any atom is -0.390 e. The van der Waals surface area contributed by atoms with Crippen molar-refractivity contribution < 1.29 is 9.84 Å². The van der Waals surface area contributed by atoms with Crippen molar-refractivity contribution in [3.05, 3.63) is 33.8 Å². The van der Waals surface area contributed by atoms with Gasteiger partial charge in [-0.25, -0.2) is 0 Å². The molecular formula is C17H24Cl2O2. The van der Waals surface area contributed by atoms with Gasteiger partial charge in [-0.2, -0.15) is 0 Å². The Hall–Kier alpha value is -0.280. The van der Waals surface area contributed by atoms with Gasteiger partial charge in [0.15, 0.2) is 0 Å². The fourth-order valence-corrected chi connectivity index (χ4v) is 3.76. The van der Waals surface area contributed by atoms with E-state index in [1.165, 1.54) is 6.42 Å². The van der Waals surface area contributed by atoms with Crippen LogP contribution in [0.25, 0.3) is 0 Å². The van der Waals surface area contributed by atoms with Gasteiger partial charge in [-0.1, -0.05) is 49.0 Å². The Morgan fingerprint density at radius 3 is 2.76 bits per heavy atom. The van der Waals surface area contributed by atoms with E-state index in [9.17, 15) is 5.11 Å². The Bertz CT molecular complexity index is 474. The van der Waals surface area contributed by atoms with Crippen LogP contribution in [0, 0.1) is 5.92 Å². The molecule has 21 heavy (non-hydrogen) atoms. The van der Waals surface area contributed by atoms with Crippen LogP contribution in [0.5, 0.6) is 0 Å². The van der Waals surface area contributed by atoms with Crippen LogP contribution >= 0.6 is 23.2 Å². The zero-order valence-electron chi connectivity index (χ0n) is 12.7. The average Bonchev–Trinajstić information content (AvgIpc) is 2.43. The molecule has 2 rings (SSSR count). The number of aliphatic hydroxyl groups is 1. The summed E-state index contributed by atoms with van der Waals surface area (Å²) in [7, 11) is 0. The van der Waals surface area contributed by atoms with Gasteiger partial charge in [-0.3, -0.25) is 0 Å². The minimum atomic E-state index is -0.516. The molecule has 1 aromatic rings. The highest BCUT2D eigenvalue weighted by atomic mass is 35.5. The number of hydrogen-bond acceptors (Lipinski definition) is 2. The number of ether oxygens (including phenoxy) is 1. The zero-order chi connectivity index (χ0) is 15.5. The molecule has 1 aromatic carbocycles. The van der Waals surface area contributed by atoms with Crippen LogP contribution in [0.15, 0.2) is 18.2 Å². The van der Waals surface area contributed by atoms with Gasteiger partial charge in [0, 0.05) is 13.0 Å². The normalized spacial score (nSPS) is 27.6. The second kappa shape index (κ2) is 7.32. The van der Waals surface area contributed by atoms with Crippen molar-refractivity contribution in [2.45, 2.75) is 57.7 Å². The molecule has 0 bridgehead atoms. The van der Waals surface area contributed by atoms with Gasteiger partial charge >= 0.3 is 0 Å². The smallest absolute Gasteiger partial charge is 0.0945 e. The molecule has 0 radical (unpaired) electrons. The van der Waals surface area contributed by atoms with Crippen molar-refractivity contribution in [3.8, 4) is 0 Å². The highest BCUT2D eigenvalue weighted by Crippen LogP contribution is 2.39. The van der Waals surface area contributed by atoms with Gasteiger partial charge in [0.25, 0.3) is 0 Å². The fourth-order valence-electron chi connectivity index (χ4n) is 3.44. The molecule has 0 amide bonds. The van der Waals surface area contributed by atoms with Crippen molar-refractivity contribution in [2.24, 2.45) is 5.92 Å². The van der Waals surface area contributed by atoms with E-state index in [0.717, 1.165) is 24.8 Å². The topological polar surface area (TPSA) is 29.5 Å². The second-order valence-corrected chi connectivity index (χ2v) is 6.98. The molecule has 0 aromatic heterocycles. The lowest BCUT2D eigenvalue weighted by Crippen LogP contribution is -2.49. The van der Waals surface area contributed by atoms with Crippen molar-refractivity contribution >= 4 is 23.2 Å². The van der Waals surface area contributed by atoms with Crippen molar-refractivity contribution in [3.63, 3.8) is 0 Å². The van der Waals surface area contributed by atoms with Crippen LogP contribution in [-0.4, -0.2) is 23.4 Å². The molecule has 1 fully saturated rings. The van der Waals surface area contributed by atoms with E-state index in [4.69, 9.17) is 27.9 Å². The van der Waals surface area contributed by atoms with Gasteiger partial charge < -0.3 is 9.84 Å². The molecular weight excluding hydrogens is 307 g/mol. The molecule has 4 heteroatoms. The molecule has 1 N–H and O–H groups in total. The van der Waals surface area contributed by atoms with Gasteiger partial charge in [0.05, 0.1) is 21.8 Å². The van der Waals surface area contributed by atoms with E-state index in [0.29, 0.717) is 29.0 Å². The standard InChI is InChI=1S/C17H24Cl2O2/c1-3-21-17(8-4-5-12(2)11-17)16(20)10-13-6-7-14(18)15(19)9-13/h6-7,9,12,16,20H,3-5,8,10-11H2,1-2H3. The lowest BCUT2D eigenvalue weighted by atomic mass is 9.74. The third-order valence-electron chi connectivity index (χ3n) is 4.44. The monoisotopic (exact) mass is 330 g/mol. The molecule has 1 saturated carbocycles. The Kier molecular flexibility index (Phi) is 5.96. The van der Waals surface area contributed by atoms with Crippen LogP contribution in [0.1, 0.15) is 45.1 Å². The summed E-state index contributed by atoms with van der Waals surface area (Å²) in [6, 6.07) is 5.53. The molecule has 118 valence electrons. The average molecular weight is 331 g/mol. The first-order valence-electron chi connectivity index (χ1n) is 7.73. The maximum absolute atomic E-state index is 10.8. The maximum atomic E-state index is 10.8. The summed E-state index contributed by atoms with van der Waals surface area (Å²) < 4.78 is 6.02. The molecule has 0 aliphatic heterocycles. The van der Waals surface area contributed by atoms with E-state index >= 15 is 0 Å². The van der Waals surface area contributed by atoms with E-state index in [1.807, 2.05) is 19.1 Å². The van der Waals surface area contributed by atoms with Gasteiger partial charge in [0.2, 0.25) is 0 Å². The molecule has 2 nitrogen and oxygen atoms in total. The van der Waals surface area contributed by atoms with Crippen molar-refractivity contribution in [1.82, 2.24) is 0 Å². The largest absolute Gasteiger partial charge is 0.390 e. The molecule has 0 heterocycles. The predicted molar refractivity (Wildman–Crippen MR) is 88.2 cm³/mol. The fraction of sp³-hybridized carbons (Fsp3) is 0.647. The van der Waals surface area contributed by atoms with Crippen LogP contribution in [0.4, 0.5) is 0 Å². The quantitative estimate of drug-likeness (QED) is 0.833. The van der Waals surface area contributed by atoms with E-state index in [1.54, 1.807) is 6.07 Å². The van der Waals surface area contributed by atoms with Crippen LogP contribution < -0.4 is 0 Å². The number of rotatable bonds is 5. The summed E-state index contributed by atoms with van der Waals surface area (Å²) in [5, 5.41) is 11.9. The Balaban J connectivity index is 2.14. The molecule has 1 aliphatic rings. The van der Waals surface area contributed by atoms with Gasteiger partial charge in [0.1, 0.15) is 0 Å². The van der Waals surface area contributed by atoms with Crippen LogP contribution in [-0.2, 0) is 11.2 Å². The molecule has 0 saturated heterocycles. The summed E-state index contributed by atoms with van der Waals surface area (Å²) in [6.07, 6.45) is 4.20.